The minimum atomic E-state index is -3.50. The van der Waals surface area contributed by atoms with Gasteiger partial charge in [-0.15, -0.1) is 0 Å². The average Bonchev–Trinajstić information content (AvgIpc) is 3.28. The summed E-state index contributed by atoms with van der Waals surface area (Å²) in [7, 11) is -3.50. The van der Waals surface area contributed by atoms with Gasteiger partial charge in [0.25, 0.3) is 0 Å². The van der Waals surface area contributed by atoms with Gasteiger partial charge in [-0.25, -0.2) is 8.42 Å². The summed E-state index contributed by atoms with van der Waals surface area (Å²) in [5, 5.41) is 6.72. The second-order valence-corrected chi connectivity index (χ2v) is 9.97. The van der Waals surface area contributed by atoms with E-state index in [1.165, 1.54) is 16.4 Å². The predicted octanol–water partition coefficient (Wildman–Crippen LogP) is 3.73. The van der Waals surface area contributed by atoms with Crippen molar-refractivity contribution in [2.24, 2.45) is 5.92 Å². The van der Waals surface area contributed by atoms with E-state index in [4.69, 9.17) is 4.52 Å². The molecule has 1 saturated heterocycles. The van der Waals surface area contributed by atoms with Gasteiger partial charge in [-0.05, 0) is 43.0 Å². The van der Waals surface area contributed by atoms with Gasteiger partial charge >= 0.3 is 0 Å². The van der Waals surface area contributed by atoms with Crippen LogP contribution in [0.5, 0.6) is 0 Å². The summed E-state index contributed by atoms with van der Waals surface area (Å²) in [6.07, 6.45) is 2.23. The highest BCUT2D eigenvalue weighted by atomic mass is 32.2. The molecule has 0 atom stereocenters. The molecule has 0 saturated carbocycles. The molecule has 1 N–H and O–H groups in total. The Morgan fingerprint density at radius 2 is 1.78 bits per heavy atom. The van der Waals surface area contributed by atoms with Crippen LogP contribution in [0, 0.1) is 5.92 Å². The van der Waals surface area contributed by atoms with Crippen LogP contribution in [0.3, 0.4) is 0 Å². The zero-order chi connectivity index (χ0) is 22.6. The quantitative estimate of drug-likeness (QED) is 0.583. The number of nitrogens with one attached hydrogen (secondary N) is 1. The number of amides is 1. The van der Waals surface area contributed by atoms with Gasteiger partial charge in [0.2, 0.25) is 27.6 Å². The summed E-state index contributed by atoms with van der Waals surface area (Å²) in [5.74, 6) is 1.21. The Labute approximate surface area is 187 Å². The van der Waals surface area contributed by atoms with Crippen LogP contribution in [-0.2, 0) is 21.2 Å². The summed E-state index contributed by atoms with van der Waals surface area (Å²) in [5.41, 5.74) is 1.39. The number of rotatable bonds is 7. The van der Waals surface area contributed by atoms with Crippen molar-refractivity contribution >= 4 is 21.6 Å². The molecule has 0 unspecified atom stereocenters. The Morgan fingerprint density at radius 3 is 2.47 bits per heavy atom. The maximum atomic E-state index is 12.8. The van der Waals surface area contributed by atoms with Crippen LogP contribution in [0.15, 0.2) is 64.0 Å². The van der Waals surface area contributed by atoms with E-state index in [1.807, 2.05) is 30.3 Å². The topological polar surface area (TPSA) is 105 Å². The highest BCUT2D eigenvalue weighted by Crippen LogP contribution is 2.24. The molecule has 0 bridgehead atoms. The Kier molecular flexibility index (Phi) is 6.66. The molecular formula is C23H26N4O4S. The van der Waals surface area contributed by atoms with Crippen LogP contribution in [0.1, 0.15) is 32.1 Å². The second-order valence-electron chi connectivity index (χ2n) is 8.04. The van der Waals surface area contributed by atoms with Gasteiger partial charge in [0.1, 0.15) is 0 Å². The summed E-state index contributed by atoms with van der Waals surface area (Å²) in [4.78, 5) is 16.9. The van der Waals surface area contributed by atoms with Gasteiger partial charge in [0.15, 0.2) is 0 Å². The summed E-state index contributed by atoms with van der Waals surface area (Å²) >= 11 is 0. The summed E-state index contributed by atoms with van der Waals surface area (Å²) in [6, 6.07) is 15.7. The molecule has 1 aromatic heterocycles. The fraction of sp³-hybridized carbons (Fsp3) is 0.348. The molecule has 0 radical (unpaired) electrons. The van der Waals surface area contributed by atoms with E-state index in [2.05, 4.69) is 22.4 Å². The lowest BCUT2D eigenvalue weighted by Crippen LogP contribution is -2.37. The van der Waals surface area contributed by atoms with Crippen molar-refractivity contribution in [1.82, 2.24) is 14.4 Å². The van der Waals surface area contributed by atoms with Crippen molar-refractivity contribution in [2.75, 3.05) is 18.4 Å². The monoisotopic (exact) mass is 454 g/mol. The van der Waals surface area contributed by atoms with Crippen molar-refractivity contribution in [3.8, 4) is 11.4 Å². The molecule has 8 nitrogen and oxygen atoms in total. The number of piperidine rings is 1. The number of carbonyl (C=O) groups excluding carboxylic acids is 1. The number of hydrogen-bond donors (Lipinski definition) is 1. The molecule has 1 amide bonds. The number of benzene rings is 2. The van der Waals surface area contributed by atoms with Gasteiger partial charge in [-0.2, -0.15) is 9.29 Å². The predicted molar refractivity (Wildman–Crippen MR) is 120 cm³/mol. The largest absolute Gasteiger partial charge is 0.339 e. The van der Waals surface area contributed by atoms with E-state index in [9.17, 15) is 13.2 Å². The lowest BCUT2D eigenvalue weighted by molar-refractivity contribution is -0.116. The van der Waals surface area contributed by atoms with Gasteiger partial charge in [-0.3, -0.25) is 4.79 Å². The highest BCUT2D eigenvalue weighted by Gasteiger charge is 2.27. The molecule has 2 heterocycles. The summed E-state index contributed by atoms with van der Waals surface area (Å²) in [6.45, 7) is 3.23. The smallest absolute Gasteiger partial charge is 0.243 e. The van der Waals surface area contributed by atoms with E-state index in [1.54, 1.807) is 12.1 Å². The third-order valence-corrected chi connectivity index (χ3v) is 7.50. The number of hydrogen-bond acceptors (Lipinski definition) is 6. The zero-order valence-electron chi connectivity index (χ0n) is 17.9. The van der Waals surface area contributed by atoms with Crippen LogP contribution < -0.4 is 5.32 Å². The Balaban J connectivity index is 1.31. The van der Waals surface area contributed by atoms with Crippen molar-refractivity contribution in [1.29, 1.82) is 0 Å². The van der Waals surface area contributed by atoms with E-state index >= 15 is 0 Å². The van der Waals surface area contributed by atoms with E-state index in [0.29, 0.717) is 42.8 Å². The molecule has 32 heavy (non-hydrogen) atoms. The Hall–Kier alpha value is -3.04. The maximum absolute atomic E-state index is 12.8. The Bertz CT molecular complexity index is 1150. The number of sulfonamides is 1. The average molecular weight is 455 g/mol. The molecule has 1 aliphatic heterocycles. The van der Waals surface area contributed by atoms with Crippen molar-refractivity contribution < 1.29 is 17.7 Å². The van der Waals surface area contributed by atoms with Crippen LogP contribution in [0.2, 0.25) is 0 Å². The Morgan fingerprint density at radius 1 is 1.09 bits per heavy atom. The SMILES string of the molecule is CC1CCN(S(=O)(=O)c2ccc(NC(=O)CCc3nc(-c4ccccc4)no3)cc2)CC1. The number of aryl methyl sites for hydroxylation is 1. The van der Waals surface area contributed by atoms with Gasteiger partial charge in [0.05, 0.1) is 4.90 Å². The van der Waals surface area contributed by atoms with Gasteiger partial charge in [0, 0.05) is 37.2 Å². The lowest BCUT2D eigenvalue weighted by atomic mass is 10.0. The molecular weight excluding hydrogens is 428 g/mol. The normalized spacial score (nSPS) is 15.5. The number of anilines is 1. The first-order chi connectivity index (χ1) is 15.4. The molecule has 9 heteroatoms. The van der Waals surface area contributed by atoms with E-state index in [0.717, 1.165) is 18.4 Å². The summed E-state index contributed by atoms with van der Waals surface area (Å²) < 4.78 is 32.4. The van der Waals surface area contributed by atoms with Crippen LogP contribution in [0.25, 0.3) is 11.4 Å². The third-order valence-electron chi connectivity index (χ3n) is 5.58. The number of nitrogens with zero attached hydrogens (tertiary/aromatic N) is 3. The van der Waals surface area contributed by atoms with Gasteiger partial charge in [-0.1, -0.05) is 42.4 Å². The fourth-order valence-corrected chi connectivity index (χ4v) is 5.06. The first-order valence-electron chi connectivity index (χ1n) is 10.7. The lowest BCUT2D eigenvalue weighted by Gasteiger charge is -2.29. The maximum Gasteiger partial charge on any atom is 0.243 e. The standard InChI is InChI=1S/C23H26N4O4S/c1-17-13-15-27(16-14-17)32(29,30)20-9-7-19(8-10-20)24-21(28)11-12-22-25-23(26-31-22)18-5-3-2-4-6-18/h2-10,17H,11-16H2,1H3,(H,24,28). The van der Waals surface area contributed by atoms with Crippen molar-refractivity contribution in [3.63, 3.8) is 0 Å². The van der Waals surface area contributed by atoms with Gasteiger partial charge < -0.3 is 9.84 Å². The number of aromatic nitrogens is 2. The van der Waals surface area contributed by atoms with Crippen LogP contribution in [-0.4, -0.2) is 41.9 Å². The van der Waals surface area contributed by atoms with Crippen molar-refractivity contribution in [2.45, 2.75) is 37.5 Å². The first-order valence-corrected chi connectivity index (χ1v) is 12.1. The molecule has 2 aromatic carbocycles. The highest BCUT2D eigenvalue weighted by molar-refractivity contribution is 7.89. The molecule has 1 fully saturated rings. The molecule has 0 spiro atoms. The molecule has 168 valence electrons. The van der Waals surface area contributed by atoms with E-state index < -0.39 is 10.0 Å². The minimum Gasteiger partial charge on any atom is -0.339 e. The first kappa shape index (κ1) is 22.2. The molecule has 1 aliphatic rings. The van der Waals surface area contributed by atoms with Crippen LogP contribution >= 0.6 is 0 Å². The fourth-order valence-electron chi connectivity index (χ4n) is 3.59. The molecule has 0 aliphatic carbocycles. The minimum absolute atomic E-state index is 0.169. The zero-order valence-corrected chi connectivity index (χ0v) is 18.7. The second kappa shape index (κ2) is 9.62. The number of carbonyl (C=O) groups is 1. The van der Waals surface area contributed by atoms with Crippen LogP contribution in [0.4, 0.5) is 5.69 Å². The van der Waals surface area contributed by atoms with Crippen molar-refractivity contribution in [3.05, 3.63) is 60.5 Å². The molecule has 3 aromatic rings. The third kappa shape index (κ3) is 5.23. The van der Waals surface area contributed by atoms with E-state index in [-0.39, 0.29) is 17.2 Å². The molecule has 4 rings (SSSR count).